The van der Waals surface area contributed by atoms with E-state index in [0.29, 0.717) is 11.6 Å². The van der Waals surface area contributed by atoms with Crippen LogP contribution in [0.4, 0.5) is 5.69 Å². The third kappa shape index (κ3) is 5.34. The zero-order valence-corrected chi connectivity index (χ0v) is 13.8. The second kappa shape index (κ2) is 8.18. The number of hydrogen-bond donors (Lipinski definition) is 2. The molecular formula is C17H18Cl2N2O. The fourth-order valence-electron chi connectivity index (χ4n) is 2.09. The molecule has 0 heterocycles. The summed E-state index contributed by atoms with van der Waals surface area (Å²) in [7, 11) is 0. The Morgan fingerprint density at radius 3 is 2.59 bits per heavy atom. The number of amides is 1. The number of halogens is 2. The van der Waals surface area contributed by atoms with Crippen LogP contribution in [0.2, 0.25) is 10.0 Å². The van der Waals surface area contributed by atoms with Crippen LogP contribution in [-0.2, 0) is 11.2 Å². The molecule has 0 unspecified atom stereocenters. The standard InChI is InChI=1S/C17H18Cl2N2O/c1-12-9-15(19)5-6-16(12)21-17(22)11-20-8-7-13-3-2-4-14(18)10-13/h2-6,9-10,20H,7-8,11H2,1H3,(H,21,22). The molecule has 0 atom stereocenters. The molecule has 1 amide bonds. The first kappa shape index (κ1) is 16.8. The molecule has 0 spiro atoms. The van der Waals surface area contributed by atoms with Gasteiger partial charge in [-0.15, -0.1) is 0 Å². The molecule has 0 saturated carbocycles. The number of aryl methyl sites for hydroxylation is 1. The topological polar surface area (TPSA) is 41.1 Å². The van der Waals surface area contributed by atoms with Crippen molar-refractivity contribution >= 4 is 34.8 Å². The number of anilines is 1. The van der Waals surface area contributed by atoms with Gasteiger partial charge in [0.25, 0.3) is 0 Å². The van der Waals surface area contributed by atoms with Crippen molar-refractivity contribution in [3.63, 3.8) is 0 Å². The van der Waals surface area contributed by atoms with Crippen LogP contribution in [0.1, 0.15) is 11.1 Å². The summed E-state index contributed by atoms with van der Waals surface area (Å²) < 4.78 is 0. The summed E-state index contributed by atoms with van der Waals surface area (Å²) in [5.41, 5.74) is 2.87. The minimum atomic E-state index is -0.0727. The fourth-order valence-corrected chi connectivity index (χ4v) is 2.53. The Balaban J connectivity index is 1.74. The van der Waals surface area contributed by atoms with Crippen LogP contribution >= 0.6 is 23.2 Å². The van der Waals surface area contributed by atoms with Gasteiger partial charge in [0.2, 0.25) is 5.91 Å². The van der Waals surface area contributed by atoms with E-state index in [0.717, 1.165) is 28.3 Å². The summed E-state index contributed by atoms with van der Waals surface area (Å²) in [5.74, 6) is -0.0727. The summed E-state index contributed by atoms with van der Waals surface area (Å²) in [6.45, 7) is 2.89. The van der Waals surface area contributed by atoms with Crippen molar-refractivity contribution in [1.82, 2.24) is 5.32 Å². The van der Waals surface area contributed by atoms with Crippen molar-refractivity contribution in [2.75, 3.05) is 18.4 Å². The van der Waals surface area contributed by atoms with Crippen LogP contribution in [0, 0.1) is 6.92 Å². The lowest BCUT2D eigenvalue weighted by molar-refractivity contribution is -0.115. The van der Waals surface area contributed by atoms with Crippen molar-refractivity contribution in [1.29, 1.82) is 0 Å². The van der Waals surface area contributed by atoms with E-state index in [9.17, 15) is 4.79 Å². The molecule has 22 heavy (non-hydrogen) atoms. The average Bonchev–Trinajstić information content (AvgIpc) is 2.47. The van der Waals surface area contributed by atoms with Gasteiger partial charge in [-0.3, -0.25) is 4.79 Å². The van der Waals surface area contributed by atoms with Gasteiger partial charge < -0.3 is 10.6 Å². The minimum Gasteiger partial charge on any atom is -0.325 e. The van der Waals surface area contributed by atoms with Crippen LogP contribution in [0.5, 0.6) is 0 Å². The number of rotatable bonds is 6. The molecule has 5 heteroatoms. The van der Waals surface area contributed by atoms with Gasteiger partial charge in [-0.05, 0) is 61.3 Å². The third-order valence-corrected chi connectivity index (χ3v) is 3.70. The lowest BCUT2D eigenvalue weighted by Crippen LogP contribution is -2.29. The molecule has 0 saturated heterocycles. The first-order valence-corrected chi connectivity index (χ1v) is 7.81. The number of carbonyl (C=O) groups excluding carboxylic acids is 1. The first-order valence-electron chi connectivity index (χ1n) is 7.06. The molecular weight excluding hydrogens is 319 g/mol. The van der Waals surface area contributed by atoms with E-state index >= 15 is 0 Å². The largest absolute Gasteiger partial charge is 0.325 e. The second-order valence-electron chi connectivity index (χ2n) is 5.06. The Morgan fingerprint density at radius 2 is 1.86 bits per heavy atom. The first-order chi connectivity index (χ1) is 10.5. The zero-order chi connectivity index (χ0) is 15.9. The molecule has 116 valence electrons. The molecule has 2 aromatic carbocycles. The van der Waals surface area contributed by atoms with Gasteiger partial charge in [0.15, 0.2) is 0 Å². The summed E-state index contributed by atoms with van der Waals surface area (Å²) in [4.78, 5) is 11.9. The van der Waals surface area contributed by atoms with Crippen LogP contribution < -0.4 is 10.6 Å². The molecule has 0 radical (unpaired) electrons. The van der Waals surface area contributed by atoms with Crippen LogP contribution in [-0.4, -0.2) is 19.0 Å². The molecule has 0 aliphatic rings. The quantitative estimate of drug-likeness (QED) is 0.780. The highest BCUT2D eigenvalue weighted by Gasteiger charge is 2.05. The van der Waals surface area contributed by atoms with Crippen LogP contribution in [0.25, 0.3) is 0 Å². The maximum absolute atomic E-state index is 11.9. The molecule has 2 N–H and O–H groups in total. The van der Waals surface area contributed by atoms with Crippen LogP contribution in [0.3, 0.4) is 0 Å². The molecule has 0 bridgehead atoms. The van der Waals surface area contributed by atoms with Crippen molar-refractivity contribution in [2.24, 2.45) is 0 Å². The maximum Gasteiger partial charge on any atom is 0.238 e. The van der Waals surface area contributed by atoms with E-state index in [1.807, 2.05) is 43.3 Å². The normalized spacial score (nSPS) is 10.5. The van der Waals surface area contributed by atoms with Crippen molar-refractivity contribution < 1.29 is 4.79 Å². The Hall–Kier alpha value is -1.55. The molecule has 3 nitrogen and oxygen atoms in total. The average molecular weight is 337 g/mol. The number of nitrogens with one attached hydrogen (secondary N) is 2. The lowest BCUT2D eigenvalue weighted by Gasteiger charge is -2.09. The summed E-state index contributed by atoms with van der Waals surface area (Å²) in [6.07, 6.45) is 0.827. The van der Waals surface area contributed by atoms with Crippen molar-refractivity contribution in [3.05, 3.63) is 63.6 Å². The molecule has 2 aromatic rings. The van der Waals surface area contributed by atoms with Gasteiger partial charge in [0, 0.05) is 15.7 Å². The van der Waals surface area contributed by atoms with Gasteiger partial charge in [-0.1, -0.05) is 35.3 Å². The van der Waals surface area contributed by atoms with Gasteiger partial charge in [0.1, 0.15) is 0 Å². The monoisotopic (exact) mass is 336 g/mol. The predicted molar refractivity (Wildman–Crippen MR) is 92.8 cm³/mol. The van der Waals surface area contributed by atoms with E-state index < -0.39 is 0 Å². The third-order valence-electron chi connectivity index (χ3n) is 3.23. The van der Waals surface area contributed by atoms with Gasteiger partial charge in [-0.25, -0.2) is 0 Å². The van der Waals surface area contributed by atoms with E-state index in [4.69, 9.17) is 23.2 Å². The Kier molecular flexibility index (Phi) is 6.25. The lowest BCUT2D eigenvalue weighted by atomic mass is 10.1. The SMILES string of the molecule is Cc1cc(Cl)ccc1NC(=O)CNCCc1cccc(Cl)c1. The summed E-state index contributed by atoms with van der Waals surface area (Å²) in [5, 5.41) is 7.38. The maximum atomic E-state index is 11.9. The molecule has 0 aliphatic heterocycles. The van der Waals surface area contributed by atoms with Gasteiger partial charge in [0.05, 0.1) is 6.54 Å². The molecule has 0 aromatic heterocycles. The molecule has 0 fully saturated rings. The highest BCUT2D eigenvalue weighted by Crippen LogP contribution is 2.19. The van der Waals surface area contributed by atoms with E-state index in [1.165, 1.54) is 0 Å². The van der Waals surface area contributed by atoms with E-state index in [1.54, 1.807) is 6.07 Å². The van der Waals surface area contributed by atoms with E-state index in [2.05, 4.69) is 10.6 Å². The highest BCUT2D eigenvalue weighted by atomic mass is 35.5. The Labute approximate surface area is 140 Å². The number of benzene rings is 2. The van der Waals surface area contributed by atoms with Crippen molar-refractivity contribution in [2.45, 2.75) is 13.3 Å². The smallest absolute Gasteiger partial charge is 0.238 e. The fraction of sp³-hybridized carbons (Fsp3) is 0.235. The predicted octanol–water partition coefficient (Wildman–Crippen LogP) is 4.07. The van der Waals surface area contributed by atoms with Gasteiger partial charge >= 0.3 is 0 Å². The Bertz CT molecular complexity index is 659. The van der Waals surface area contributed by atoms with Gasteiger partial charge in [-0.2, -0.15) is 0 Å². The number of carbonyl (C=O) groups is 1. The highest BCUT2D eigenvalue weighted by molar-refractivity contribution is 6.31. The van der Waals surface area contributed by atoms with Crippen LogP contribution in [0.15, 0.2) is 42.5 Å². The Morgan fingerprint density at radius 1 is 1.09 bits per heavy atom. The zero-order valence-electron chi connectivity index (χ0n) is 12.3. The second-order valence-corrected chi connectivity index (χ2v) is 5.94. The van der Waals surface area contributed by atoms with Crippen molar-refractivity contribution in [3.8, 4) is 0 Å². The molecule has 0 aliphatic carbocycles. The summed E-state index contributed by atoms with van der Waals surface area (Å²) >= 11 is 11.8. The summed E-state index contributed by atoms with van der Waals surface area (Å²) in [6, 6.07) is 13.1. The van der Waals surface area contributed by atoms with E-state index in [-0.39, 0.29) is 12.5 Å². The number of hydrogen-bond acceptors (Lipinski definition) is 2. The molecule has 2 rings (SSSR count). The minimum absolute atomic E-state index is 0.0727.